The van der Waals surface area contributed by atoms with Crippen LogP contribution in [0.15, 0.2) is 6.07 Å². The fourth-order valence-corrected chi connectivity index (χ4v) is 2.24. The third kappa shape index (κ3) is 4.83. The molecule has 1 N–H and O–H groups in total. The molecule has 0 aromatic carbocycles. The maximum Gasteiger partial charge on any atom is 0.224 e. The number of anilines is 1. The minimum Gasteiger partial charge on any atom is -0.323 e. The van der Waals surface area contributed by atoms with Crippen molar-refractivity contribution in [3.05, 3.63) is 21.9 Å². The highest BCUT2D eigenvalue weighted by molar-refractivity contribution is 6.34. The summed E-state index contributed by atoms with van der Waals surface area (Å²) in [6.07, 6.45) is 4.81. The molecule has 0 bridgehead atoms. The van der Waals surface area contributed by atoms with Gasteiger partial charge in [-0.05, 0) is 25.0 Å². The van der Waals surface area contributed by atoms with Gasteiger partial charge in [-0.15, -0.1) is 0 Å². The summed E-state index contributed by atoms with van der Waals surface area (Å²) in [7, 11) is 0. The van der Waals surface area contributed by atoms with Crippen molar-refractivity contribution < 1.29 is 4.79 Å². The second-order valence-corrected chi connectivity index (χ2v) is 5.03. The number of rotatable bonds is 6. The number of halogens is 2. The van der Waals surface area contributed by atoms with Crippen LogP contribution < -0.4 is 5.32 Å². The molecule has 1 aromatic rings. The predicted molar refractivity (Wildman–Crippen MR) is 76.4 cm³/mol. The maximum absolute atomic E-state index is 11.7. The van der Waals surface area contributed by atoms with Crippen molar-refractivity contribution in [2.75, 3.05) is 5.32 Å². The summed E-state index contributed by atoms with van der Waals surface area (Å²) in [4.78, 5) is 15.6. The molecular weight excluding hydrogens is 271 g/mol. The Kier molecular flexibility index (Phi) is 6.44. The number of unbranched alkanes of at least 4 members (excludes halogenated alkanes) is 3. The van der Waals surface area contributed by atoms with Gasteiger partial charge in [0, 0.05) is 6.42 Å². The van der Waals surface area contributed by atoms with Crippen molar-refractivity contribution in [3.63, 3.8) is 0 Å². The smallest absolute Gasteiger partial charge is 0.224 e. The monoisotopic (exact) mass is 288 g/mol. The SMILES string of the molecule is CCCCCCC(=O)Nc1c(C)cc(Cl)nc1Cl. The topological polar surface area (TPSA) is 42.0 Å². The lowest BCUT2D eigenvalue weighted by molar-refractivity contribution is -0.116. The third-order valence-corrected chi connectivity index (χ3v) is 3.13. The van der Waals surface area contributed by atoms with E-state index in [0.29, 0.717) is 17.3 Å². The van der Waals surface area contributed by atoms with Crippen LogP contribution in [0.5, 0.6) is 0 Å². The molecule has 0 unspecified atom stereocenters. The molecule has 0 radical (unpaired) electrons. The minimum absolute atomic E-state index is 0.0276. The van der Waals surface area contributed by atoms with E-state index in [0.717, 1.165) is 31.2 Å². The molecule has 0 aliphatic heterocycles. The molecule has 3 nitrogen and oxygen atoms in total. The third-order valence-electron chi connectivity index (χ3n) is 2.66. The molecule has 0 aliphatic rings. The number of amides is 1. The molecule has 0 fully saturated rings. The lowest BCUT2D eigenvalue weighted by Crippen LogP contribution is -2.13. The Balaban J connectivity index is 2.54. The van der Waals surface area contributed by atoms with E-state index < -0.39 is 0 Å². The lowest BCUT2D eigenvalue weighted by atomic mass is 10.1. The van der Waals surface area contributed by atoms with Crippen LogP contribution in [0.1, 0.15) is 44.6 Å². The van der Waals surface area contributed by atoms with Gasteiger partial charge < -0.3 is 5.32 Å². The molecule has 5 heteroatoms. The van der Waals surface area contributed by atoms with Gasteiger partial charge in [-0.1, -0.05) is 49.4 Å². The molecule has 1 rings (SSSR count). The Bertz CT molecular complexity index is 398. The van der Waals surface area contributed by atoms with Crippen molar-refractivity contribution in [2.24, 2.45) is 0 Å². The van der Waals surface area contributed by atoms with Crippen LogP contribution in [0.25, 0.3) is 0 Å². The molecule has 0 aliphatic carbocycles. The molecule has 100 valence electrons. The number of hydrogen-bond donors (Lipinski definition) is 1. The van der Waals surface area contributed by atoms with E-state index in [2.05, 4.69) is 17.2 Å². The van der Waals surface area contributed by atoms with Crippen molar-refractivity contribution in [3.8, 4) is 0 Å². The number of carbonyl (C=O) groups excluding carboxylic acids is 1. The summed E-state index contributed by atoms with van der Waals surface area (Å²) in [5, 5.41) is 3.36. The number of aromatic nitrogens is 1. The summed E-state index contributed by atoms with van der Waals surface area (Å²) < 4.78 is 0. The van der Waals surface area contributed by atoms with Crippen LogP contribution >= 0.6 is 23.2 Å². The molecule has 0 atom stereocenters. The number of nitrogens with zero attached hydrogens (tertiary/aromatic N) is 1. The first-order valence-electron chi connectivity index (χ1n) is 6.17. The second kappa shape index (κ2) is 7.59. The van der Waals surface area contributed by atoms with Crippen LogP contribution in [-0.2, 0) is 4.79 Å². The fraction of sp³-hybridized carbons (Fsp3) is 0.538. The van der Waals surface area contributed by atoms with Gasteiger partial charge in [-0.3, -0.25) is 4.79 Å². The predicted octanol–water partition coefficient (Wildman–Crippen LogP) is 4.61. The number of carbonyl (C=O) groups is 1. The van der Waals surface area contributed by atoms with Crippen LogP contribution in [0, 0.1) is 6.92 Å². The molecule has 0 saturated heterocycles. The first-order chi connectivity index (χ1) is 8.54. The highest BCUT2D eigenvalue weighted by Crippen LogP contribution is 2.26. The number of pyridine rings is 1. The van der Waals surface area contributed by atoms with Crippen LogP contribution in [-0.4, -0.2) is 10.9 Å². The Morgan fingerprint density at radius 2 is 2.06 bits per heavy atom. The van der Waals surface area contributed by atoms with Crippen molar-refractivity contribution in [1.82, 2.24) is 4.98 Å². The summed E-state index contributed by atoms with van der Waals surface area (Å²) in [6.45, 7) is 3.98. The normalized spacial score (nSPS) is 10.4. The molecule has 1 aromatic heterocycles. The maximum atomic E-state index is 11.7. The van der Waals surface area contributed by atoms with Crippen molar-refractivity contribution >= 4 is 34.8 Å². The summed E-state index contributed by atoms with van der Waals surface area (Å²) in [6, 6.07) is 1.68. The zero-order chi connectivity index (χ0) is 13.5. The second-order valence-electron chi connectivity index (χ2n) is 4.29. The van der Waals surface area contributed by atoms with Crippen LogP contribution in [0.2, 0.25) is 10.3 Å². The van der Waals surface area contributed by atoms with E-state index in [1.807, 2.05) is 6.92 Å². The summed E-state index contributed by atoms with van der Waals surface area (Å²) >= 11 is 11.7. The first kappa shape index (κ1) is 15.3. The summed E-state index contributed by atoms with van der Waals surface area (Å²) in [5.74, 6) is -0.0276. The van der Waals surface area contributed by atoms with Gasteiger partial charge in [-0.25, -0.2) is 4.98 Å². The lowest BCUT2D eigenvalue weighted by Gasteiger charge is -2.10. The van der Waals surface area contributed by atoms with Crippen LogP contribution in [0.4, 0.5) is 5.69 Å². The Morgan fingerprint density at radius 1 is 1.33 bits per heavy atom. The largest absolute Gasteiger partial charge is 0.323 e. The number of aryl methyl sites for hydroxylation is 1. The van der Waals surface area contributed by atoms with Gasteiger partial charge in [-0.2, -0.15) is 0 Å². The van der Waals surface area contributed by atoms with E-state index in [1.54, 1.807) is 6.07 Å². The van der Waals surface area contributed by atoms with Gasteiger partial charge >= 0.3 is 0 Å². The van der Waals surface area contributed by atoms with E-state index in [-0.39, 0.29) is 11.1 Å². The minimum atomic E-state index is -0.0276. The molecule has 0 spiro atoms. The van der Waals surface area contributed by atoms with Gasteiger partial charge in [0.2, 0.25) is 5.91 Å². The zero-order valence-electron chi connectivity index (χ0n) is 10.7. The Hall–Kier alpha value is -0.800. The average molecular weight is 289 g/mol. The van der Waals surface area contributed by atoms with Gasteiger partial charge in [0.1, 0.15) is 5.15 Å². The zero-order valence-corrected chi connectivity index (χ0v) is 12.2. The molecule has 1 heterocycles. The average Bonchev–Trinajstić information content (AvgIpc) is 2.29. The first-order valence-corrected chi connectivity index (χ1v) is 6.92. The quantitative estimate of drug-likeness (QED) is 0.614. The van der Waals surface area contributed by atoms with Crippen molar-refractivity contribution in [2.45, 2.75) is 46.0 Å². The van der Waals surface area contributed by atoms with Gasteiger partial charge in [0.25, 0.3) is 0 Å². The van der Waals surface area contributed by atoms with E-state index in [9.17, 15) is 4.79 Å². The highest BCUT2D eigenvalue weighted by Gasteiger charge is 2.10. The van der Waals surface area contributed by atoms with E-state index in [4.69, 9.17) is 23.2 Å². The fourth-order valence-electron chi connectivity index (χ4n) is 1.66. The molecule has 1 amide bonds. The molecular formula is C13H18Cl2N2O. The van der Waals surface area contributed by atoms with E-state index >= 15 is 0 Å². The van der Waals surface area contributed by atoms with Gasteiger partial charge in [0.05, 0.1) is 5.69 Å². The van der Waals surface area contributed by atoms with Crippen LogP contribution in [0.3, 0.4) is 0 Å². The van der Waals surface area contributed by atoms with Gasteiger partial charge in [0.15, 0.2) is 5.15 Å². The Labute approximate surface area is 118 Å². The number of nitrogens with one attached hydrogen (secondary N) is 1. The van der Waals surface area contributed by atoms with E-state index in [1.165, 1.54) is 0 Å². The Morgan fingerprint density at radius 3 is 2.67 bits per heavy atom. The molecule has 0 saturated carbocycles. The molecule has 18 heavy (non-hydrogen) atoms. The summed E-state index contributed by atoms with van der Waals surface area (Å²) in [5.41, 5.74) is 1.38. The standard InChI is InChI=1S/C13H18Cl2N2O/c1-3-4-5-6-7-11(18)17-12-9(2)8-10(14)16-13(12)15/h8H,3-7H2,1-2H3,(H,17,18). The van der Waals surface area contributed by atoms with Crippen molar-refractivity contribution in [1.29, 1.82) is 0 Å². The number of hydrogen-bond acceptors (Lipinski definition) is 2. The highest BCUT2D eigenvalue weighted by atomic mass is 35.5.